The van der Waals surface area contributed by atoms with Gasteiger partial charge in [0.15, 0.2) is 0 Å². The van der Waals surface area contributed by atoms with Gasteiger partial charge in [0, 0.05) is 18.5 Å². The van der Waals surface area contributed by atoms with Crippen molar-refractivity contribution in [3.05, 3.63) is 29.3 Å². The molecular formula is C17H27ClN2O2. The van der Waals surface area contributed by atoms with Crippen molar-refractivity contribution >= 4 is 18.3 Å². The lowest BCUT2D eigenvalue weighted by Crippen LogP contribution is -2.38. The Labute approximate surface area is 139 Å². The molecule has 0 heterocycles. The van der Waals surface area contributed by atoms with Crippen LogP contribution in [0.25, 0.3) is 0 Å². The highest BCUT2D eigenvalue weighted by molar-refractivity contribution is 5.85. The van der Waals surface area contributed by atoms with E-state index in [-0.39, 0.29) is 30.3 Å². The number of amides is 1. The smallest absolute Gasteiger partial charge is 0.223 e. The monoisotopic (exact) mass is 326 g/mol. The molecule has 0 bridgehead atoms. The largest absolute Gasteiger partial charge is 0.496 e. The van der Waals surface area contributed by atoms with E-state index in [0.29, 0.717) is 6.54 Å². The van der Waals surface area contributed by atoms with Crippen molar-refractivity contribution in [3.63, 3.8) is 0 Å². The molecule has 1 fully saturated rings. The molecule has 0 saturated heterocycles. The Bertz CT molecular complexity index is 494. The molecule has 5 heteroatoms. The van der Waals surface area contributed by atoms with E-state index in [9.17, 15) is 4.79 Å². The van der Waals surface area contributed by atoms with E-state index in [1.54, 1.807) is 7.11 Å². The molecule has 2 rings (SSSR count). The van der Waals surface area contributed by atoms with Crippen LogP contribution in [0, 0.1) is 12.8 Å². The number of aryl methyl sites for hydroxylation is 1. The molecule has 1 aromatic carbocycles. The summed E-state index contributed by atoms with van der Waals surface area (Å²) in [7, 11) is 1.68. The molecule has 124 valence electrons. The van der Waals surface area contributed by atoms with Gasteiger partial charge in [-0.1, -0.05) is 24.1 Å². The maximum absolute atomic E-state index is 12.2. The molecule has 0 spiro atoms. The summed E-state index contributed by atoms with van der Waals surface area (Å²) in [6.45, 7) is 2.70. The molecule has 0 aromatic heterocycles. The lowest BCUT2D eigenvalue weighted by atomic mass is 9.85. The SMILES string of the molecule is COc1ccc(C)cc1CCNC(=O)C1CCCC(N)C1.Cl. The molecule has 3 N–H and O–H groups in total. The first-order chi connectivity index (χ1) is 10.1. The fourth-order valence-corrected chi connectivity index (χ4v) is 3.03. The van der Waals surface area contributed by atoms with Gasteiger partial charge in [-0.05, 0) is 44.2 Å². The van der Waals surface area contributed by atoms with Crippen molar-refractivity contribution in [1.29, 1.82) is 0 Å². The molecule has 1 aliphatic rings. The Hall–Kier alpha value is -1.26. The Kier molecular flexibility index (Phi) is 7.69. The molecule has 4 nitrogen and oxygen atoms in total. The van der Waals surface area contributed by atoms with Gasteiger partial charge in [0.05, 0.1) is 7.11 Å². The zero-order chi connectivity index (χ0) is 15.2. The maximum atomic E-state index is 12.2. The number of carbonyl (C=O) groups excluding carboxylic acids is 1. The minimum absolute atomic E-state index is 0. The second-order valence-corrected chi connectivity index (χ2v) is 5.98. The zero-order valence-electron chi connectivity index (χ0n) is 13.4. The highest BCUT2D eigenvalue weighted by atomic mass is 35.5. The number of methoxy groups -OCH3 is 1. The minimum atomic E-state index is 0. The minimum Gasteiger partial charge on any atom is -0.496 e. The van der Waals surface area contributed by atoms with Crippen LogP contribution >= 0.6 is 12.4 Å². The first-order valence-corrected chi connectivity index (χ1v) is 7.77. The lowest BCUT2D eigenvalue weighted by Gasteiger charge is -2.25. The van der Waals surface area contributed by atoms with Crippen molar-refractivity contribution in [1.82, 2.24) is 5.32 Å². The van der Waals surface area contributed by atoms with E-state index in [2.05, 4.69) is 18.3 Å². The van der Waals surface area contributed by atoms with Gasteiger partial charge in [-0.2, -0.15) is 0 Å². The second-order valence-electron chi connectivity index (χ2n) is 5.98. The summed E-state index contributed by atoms with van der Waals surface area (Å²) in [6.07, 6.45) is 4.68. The summed E-state index contributed by atoms with van der Waals surface area (Å²) in [5.41, 5.74) is 8.28. The number of rotatable bonds is 5. The Morgan fingerprint density at radius 3 is 2.86 bits per heavy atom. The van der Waals surface area contributed by atoms with E-state index < -0.39 is 0 Å². The predicted octanol–water partition coefficient (Wildman–Crippen LogP) is 2.60. The number of hydrogen-bond donors (Lipinski definition) is 2. The Morgan fingerprint density at radius 1 is 1.41 bits per heavy atom. The molecule has 2 unspecified atom stereocenters. The predicted molar refractivity (Wildman–Crippen MR) is 91.6 cm³/mol. The standard InChI is InChI=1S/C17H26N2O2.ClH/c1-12-6-7-16(21-2)13(10-12)8-9-19-17(20)14-4-3-5-15(18)11-14;/h6-7,10,14-15H,3-5,8-9,11,18H2,1-2H3,(H,19,20);1H. The Balaban J connectivity index is 0.00000242. The molecule has 1 saturated carbocycles. The van der Waals surface area contributed by atoms with Crippen LogP contribution in [0.3, 0.4) is 0 Å². The summed E-state index contributed by atoms with van der Waals surface area (Å²) < 4.78 is 5.36. The van der Waals surface area contributed by atoms with Crippen LogP contribution in [-0.4, -0.2) is 25.6 Å². The fourth-order valence-electron chi connectivity index (χ4n) is 3.03. The quantitative estimate of drug-likeness (QED) is 0.874. The number of nitrogens with two attached hydrogens (primary N) is 1. The van der Waals surface area contributed by atoms with Crippen molar-refractivity contribution < 1.29 is 9.53 Å². The number of carbonyl (C=O) groups is 1. The highest BCUT2D eigenvalue weighted by Gasteiger charge is 2.24. The topological polar surface area (TPSA) is 64.3 Å². The number of ether oxygens (including phenoxy) is 1. The van der Waals surface area contributed by atoms with Crippen molar-refractivity contribution in [2.45, 2.75) is 45.1 Å². The molecule has 2 atom stereocenters. The summed E-state index contributed by atoms with van der Waals surface area (Å²) in [5.74, 6) is 1.12. The average Bonchev–Trinajstić information content (AvgIpc) is 2.47. The number of nitrogens with one attached hydrogen (secondary N) is 1. The highest BCUT2D eigenvalue weighted by Crippen LogP contribution is 2.23. The zero-order valence-corrected chi connectivity index (χ0v) is 14.2. The van der Waals surface area contributed by atoms with Gasteiger partial charge in [-0.25, -0.2) is 0 Å². The average molecular weight is 327 g/mol. The van der Waals surface area contributed by atoms with Gasteiger partial charge < -0.3 is 15.8 Å². The first-order valence-electron chi connectivity index (χ1n) is 7.77. The van der Waals surface area contributed by atoms with Crippen LogP contribution in [0.15, 0.2) is 18.2 Å². The van der Waals surface area contributed by atoms with E-state index in [4.69, 9.17) is 10.5 Å². The lowest BCUT2D eigenvalue weighted by molar-refractivity contribution is -0.126. The number of hydrogen-bond acceptors (Lipinski definition) is 3. The molecule has 1 amide bonds. The molecule has 0 aliphatic heterocycles. The molecule has 1 aromatic rings. The third kappa shape index (κ3) is 5.18. The van der Waals surface area contributed by atoms with Gasteiger partial charge >= 0.3 is 0 Å². The van der Waals surface area contributed by atoms with Crippen LogP contribution in [-0.2, 0) is 11.2 Å². The fraction of sp³-hybridized carbons (Fsp3) is 0.588. The van der Waals surface area contributed by atoms with Gasteiger partial charge in [-0.3, -0.25) is 4.79 Å². The number of halogens is 1. The Morgan fingerprint density at radius 2 is 2.18 bits per heavy atom. The summed E-state index contributed by atoms with van der Waals surface area (Å²) >= 11 is 0. The van der Waals surface area contributed by atoms with Crippen molar-refractivity contribution in [2.24, 2.45) is 11.7 Å². The van der Waals surface area contributed by atoms with Crippen LogP contribution in [0.5, 0.6) is 5.75 Å². The van der Waals surface area contributed by atoms with Gasteiger partial charge in [0.25, 0.3) is 0 Å². The van der Waals surface area contributed by atoms with Crippen LogP contribution in [0.2, 0.25) is 0 Å². The molecule has 0 radical (unpaired) electrons. The summed E-state index contributed by atoms with van der Waals surface area (Å²) in [5, 5.41) is 3.04. The second kappa shape index (κ2) is 9.01. The van der Waals surface area contributed by atoms with E-state index >= 15 is 0 Å². The summed E-state index contributed by atoms with van der Waals surface area (Å²) in [6, 6.07) is 6.31. The van der Waals surface area contributed by atoms with Gasteiger partial charge in [0.2, 0.25) is 5.91 Å². The van der Waals surface area contributed by atoms with Crippen molar-refractivity contribution in [2.75, 3.05) is 13.7 Å². The van der Waals surface area contributed by atoms with Gasteiger partial charge in [-0.15, -0.1) is 12.4 Å². The molecule has 1 aliphatic carbocycles. The van der Waals surface area contributed by atoms with E-state index in [1.807, 2.05) is 12.1 Å². The van der Waals surface area contributed by atoms with Crippen molar-refractivity contribution in [3.8, 4) is 5.75 Å². The third-order valence-electron chi connectivity index (χ3n) is 4.22. The van der Waals surface area contributed by atoms with Crippen LogP contribution in [0.4, 0.5) is 0 Å². The third-order valence-corrected chi connectivity index (χ3v) is 4.22. The normalized spacial score (nSPS) is 20.9. The molecule has 22 heavy (non-hydrogen) atoms. The van der Waals surface area contributed by atoms with Crippen LogP contribution in [0.1, 0.15) is 36.8 Å². The van der Waals surface area contributed by atoms with E-state index in [1.165, 1.54) is 5.56 Å². The van der Waals surface area contributed by atoms with Gasteiger partial charge in [0.1, 0.15) is 5.75 Å². The van der Waals surface area contributed by atoms with Crippen LogP contribution < -0.4 is 15.8 Å². The summed E-state index contributed by atoms with van der Waals surface area (Å²) in [4.78, 5) is 12.2. The maximum Gasteiger partial charge on any atom is 0.223 e. The van der Waals surface area contributed by atoms with E-state index in [0.717, 1.165) is 43.4 Å². The molecular weight excluding hydrogens is 300 g/mol. The first kappa shape index (κ1) is 18.8. The number of benzene rings is 1.